The molecule has 13 heteroatoms. The average molecular weight is 801 g/mol. The lowest BCUT2D eigenvalue weighted by Gasteiger charge is -2.13. The second kappa shape index (κ2) is 19.1. The predicted molar refractivity (Wildman–Crippen MR) is 228 cm³/mol. The quantitative estimate of drug-likeness (QED) is 0.133. The molecule has 0 aliphatic heterocycles. The Morgan fingerprint density at radius 2 is 1.15 bits per heavy atom. The highest BCUT2D eigenvalue weighted by molar-refractivity contribution is 5.94. The van der Waals surface area contributed by atoms with Crippen molar-refractivity contribution in [3.63, 3.8) is 0 Å². The van der Waals surface area contributed by atoms with Gasteiger partial charge in [0, 0.05) is 37.6 Å². The Kier molecular flexibility index (Phi) is 13.5. The SMILES string of the molecule is Cc1cc(OCCN(C)C)c2oc3cc(F)ccc3c(=O)c2c1.Cc1cc(OCCN(C)C)c2oc3cc(Oc4cccnc4)ccc3c(=O)c2c1.Oc1cccnc1. The summed E-state index contributed by atoms with van der Waals surface area (Å²) in [7, 11) is 7.87. The van der Waals surface area contributed by atoms with Crippen molar-refractivity contribution in [3.05, 3.63) is 147 Å². The molecule has 1 N–H and O–H groups in total. The molecule has 0 aliphatic rings. The first-order valence-corrected chi connectivity index (χ1v) is 18.8. The largest absolute Gasteiger partial charge is 0.506 e. The lowest BCUT2D eigenvalue weighted by molar-refractivity contribution is 0.261. The molecule has 0 amide bonds. The van der Waals surface area contributed by atoms with E-state index in [2.05, 4.69) is 9.97 Å². The third-order valence-electron chi connectivity index (χ3n) is 8.81. The maximum Gasteiger partial charge on any atom is 0.200 e. The zero-order chi connectivity index (χ0) is 42.1. The van der Waals surface area contributed by atoms with Crippen molar-refractivity contribution in [2.45, 2.75) is 13.8 Å². The lowest BCUT2D eigenvalue weighted by Crippen LogP contribution is -2.19. The van der Waals surface area contributed by atoms with Gasteiger partial charge in [-0.2, -0.15) is 0 Å². The van der Waals surface area contributed by atoms with Gasteiger partial charge in [0.05, 0.1) is 33.9 Å². The summed E-state index contributed by atoms with van der Waals surface area (Å²) in [6, 6.07) is 23.3. The number of hydrogen-bond acceptors (Lipinski definition) is 12. The van der Waals surface area contributed by atoms with E-state index in [9.17, 15) is 14.0 Å². The summed E-state index contributed by atoms with van der Waals surface area (Å²) < 4.78 is 42.8. The number of rotatable bonds is 10. The molecule has 4 aromatic carbocycles. The van der Waals surface area contributed by atoms with E-state index in [1.54, 1.807) is 61.1 Å². The molecule has 0 aliphatic carbocycles. The van der Waals surface area contributed by atoms with Crippen LogP contribution in [0.4, 0.5) is 4.39 Å². The fraction of sp³-hybridized carbons (Fsp3) is 0.217. The van der Waals surface area contributed by atoms with Gasteiger partial charge < -0.3 is 38.0 Å². The maximum atomic E-state index is 13.4. The average Bonchev–Trinajstić information content (AvgIpc) is 3.20. The van der Waals surface area contributed by atoms with E-state index in [4.69, 9.17) is 28.2 Å². The van der Waals surface area contributed by atoms with E-state index in [0.717, 1.165) is 24.2 Å². The summed E-state index contributed by atoms with van der Waals surface area (Å²) in [4.78, 5) is 37.4. The van der Waals surface area contributed by atoms with Gasteiger partial charge in [-0.3, -0.25) is 19.6 Å². The predicted octanol–water partition coefficient (Wildman–Crippen LogP) is 8.50. The minimum Gasteiger partial charge on any atom is -0.506 e. The second-order valence-corrected chi connectivity index (χ2v) is 14.2. The molecule has 59 heavy (non-hydrogen) atoms. The monoisotopic (exact) mass is 800 g/mol. The van der Waals surface area contributed by atoms with Crippen LogP contribution in [0, 0.1) is 19.7 Å². The molecule has 4 aromatic heterocycles. The Bertz CT molecular complexity index is 2810. The van der Waals surface area contributed by atoms with E-state index >= 15 is 0 Å². The Morgan fingerprint density at radius 3 is 1.63 bits per heavy atom. The van der Waals surface area contributed by atoms with Crippen LogP contribution in [-0.4, -0.2) is 79.4 Å². The van der Waals surface area contributed by atoms with Gasteiger partial charge in [-0.1, -0.05) is 0 Å². The molecule has 304 valence electrons. The van der Waals surface area contributed by atoms with Gasteiger partial charge in [0.15, 0.2) is 22.7 Å². The van der Waals surface area contributed by atoms with Gasteiger partial charge in [-0.05, 0) is 126 Å². The number of aryl methyl sites for hydroxylation is 2. The van der Waals surface area contributed by atoms with Gasteiger partial charge in [-0.15, -0.1) is 0 Å². The standard InChI is InChI=1S/C23H22N2O4.C18H18FNO3.C5H5NO/c1-15-11-19-22(26)18-7-6-16(28-17-5-4-8-24-14-17)13-20(18)29-23(19)21(12-15)27-10-9-25(2)3;1-11-8-14-17(21)13-5-4-12(19)10-15(13)23-18(14)16(9-11)22-7-6-20(2)3;7-5-2-1-3-6-4-5/h4-8,11-14H,9-10H2,1-3H3;4-5,8-10H,6-7H2,1-3H3;1-4,7H. The van der Waals surface area contributed by atoms with Crippen LogP contribution < -0.4 is 25.1 Å². The zero-order valence-corrected chi connectivity index (χ0v) is 33.7. The Labute approximate surface area is 339 Å². The number of likely N-dealkylation sites (N-methyl/N-ethyl adjacent to an activating group) is 2. The normalized spacial score (nSPS) is 11.1. The molecule has 0 fully saturated rings. The summed E-state index contributed by atoms with van der Waals surface area (Å²) in [5.74, 6) is 2.02. The highest BCUT2D eigenvalue weighted by Crippen LogP contribution is 2.32. The van der Waals surface area contributed by atoms with E-state index in [1.807, 2.05) is 76.1 Å². The smallest absolute Gasteiger partial charge is 0.200 e. The Morgan fingerprint density at radius 1 is 0.627 bits per heavy atom. The molecule has 0 atom stereocenters. The number of nitrogens with zero attached hydrogens (tertiary/aromatic N) is 4. The molecule has 8 rings (SSSR count). The molecule has 0 bridgehead atoms. The van der Waals surface area contributed by atoms with Gasteiger partial charge in [0.25, 0.3) is 0 Å². The van der Waals surface area contributed by atoms with Crippen LogP contribution in [0.15, 0.2) is 128 Å². The van der Waals surface area contributed by atoms with Crippen LogP contribution in [0.2, 0.25) is 0 Å². The third kappa shape index (κ3) is 10.8. The van der Waals surface area contributed by atoms with Crippen LogP contribution in [0.1, 0.15) is 11.1 Å². The van der Waals surface area contributed by atoms with Crippen LogP contribution in [-0.2, 0) is 0 Å². The molecule has 4 heterocycles. The molecule has 0 saturated heterocycles. The number of aromatic hydroxyl groups is 1. The molecule has 0 radical (unpaired) electrons. The van der Waals surface area contributed by atoms with E-state index in [1.165, 1.54) is 24.4 Å². The third-order valence-corrected chi connectivity index (χ3v) is 8.81. The number of pyridine rings is 2. The maximum absolute atomic E-state index is 13.4. The number of ether oxygens (including phenoxy) is 3. The highest BCUT2D eigenvalue weighted by Gasteiger charge is 2.16. The Balaban J connectivity index is 0.000000173. The van der Waals surface area contributed by atoms with Crippen LogP contribution in [0.5, 0.6) is 28.7 Å². The molecule has 0 unspecified atom stereocenters. The van der Waals surface area contributed by atoms with Gasteiger partial charge in [0.2, 0.25) is 10.9 Å². The van der Waals surface area contributed by atoms with Crippen molar-refractivity contribution in [1.29, 1.82) is 0 Å². The minimum absolute atomic E-state index is 0.0877. The van der Waals surface area contributed by atoms with Crippen molar-refractivity contribution in [3.8, 4) is 28.7 Å². The summed E-state index contributed by atoms with van der Waals surface area (Å²) >= 11 is 0. The molecule has 0 spiro atoms. The molecule has 0 saturated carbocycles. The lowest BCUT2D eigenvalue weighted by atomic mass is 10.1. The van der Waals surface area contributed by atoms with E-state index in [0.29, 0.717) is 74.5 Å². The highest BCUT2D eigenvalue weighted by atomic mass is 19.1. The fourth-order valence-corrected chi connectivity index (χ4v) is 5.93. The molecule has 8 aromatic rings. The zero-order valence-electron chi connectivity index (χ0n) is 33.7. The van der Waals surface area contributed by atoms with Crippen LogP contribution in [0.3, 0.4) is 0 Å². The van der Waals surface area contributed by atoms with Crippen molar-refractivity contribution in [1.82, 2.24) is 19.8 Å². The molecule has 12 nitrogen and oxygen atoms in total. The first-order valence-electron chi connectivity index (χ1n) is 18.8. The van der Waals surface area contributed by atoms with Crippen LogP contribution in [0.25, 0.3) is 43.9 Å². The Hall–Kier alpha value is -6.83. The number of fused-ring (bicyclic) bond motifs is 4. The van der Waals surface area contributed by atoms with Crippen LogP contribution >= 0.6 is 0 Å². The van der Waals surface area contributed by atoms with Gasteiger partial charge in [0.1, 0.15) is 47.4 Å². The van der Waals surface area contributed by atoms with Gasteiger partial charge >= 0.3 is 0 Å². The second-order valence-electron chi connectivity index (χ2n) is 14.2. The first-order chi connectivity index (χ1) is 28.4. The summed E-state index contributed by atoms with van der Waals surface area (Å²) in [5.41, 5.74) is 3.07. The number of aromatic nitrogens is 2. The van der Waals surface area contributed by atoms with Crippen molar-refractivity contribution >= 4 is 43.9 Å². The van der Waals surface area contributed by atoms with E-state index in [-0.39, 0.29) is 22.2 Å². The van der Waals surface area contributed by atoms with Crippen molar-refractivity contribution < 1.29 is 32.5 Å². The molecular weight excluding hydrogens is 756 g/mol. The number of benzene rings is 4. The fourth-order valence-electron chi connectivity index (χ4n) is 5.93. The summed E-state index contributed by atoms with van der Waals surface area (Å²) in [6.45, 7) is 6.30. The minimum atomic E-state index is -0.442. The van der Waals surface area contributed by atoms with Crippen molar-refractivity contribution in [2.24, 2.45) is 0 Å². The topological polar surface area (TPSA) is 141 Å². The molecular formula is C46H45FN4O8. The summed E-state index contributed by atoms with van der Waals surface area (Å²) in [6.07, 6.45) is 6.30. The first kappa shape index (κ1) is 41.8. The number of halogens is 1. The van der Waals surface area contributed by atoms with Gasteiger partial charge in [-0.25, -0.2) is 4.39 Å². The summed E-state index contributed by atoms with van der Waals surface area (Å²) in [5, 5.41) is 10.4. The number of hydrogen-bond donors (Lipinski definition) is 1. The van der Waals surface area contributed by atoms with Crippen molar-refractivity contribution in [2.75, 3.05) is 54.5 Å². The van der Waals surface area contributed by atoms with E-state index < -0.39 is 5.82 Å².